The van der Waals surface area contributed by atoms with Crippen molar-refractivity contribution in [2.75, 3.05) is 6.61 Å². The van der Waals surface area contributed by atoms with Crippen LogP contribution in [0.1, 0.15) is 99.3 Å². The first-order valence-corrected chi connectivity index (χ1v) is 16.8. The molecular weight excluding hydrogens is 516 g/mol. The van der Waals surface area contributed by atoms with Crippen molar-refractivity contribution in [2.24, 2.45) is 52.3 Å². The average Bonchev–Trinajstić information content (AvgIpc) is 3.30. The van der Waals surface area contributed by atoms with Crippen molar-refractivity contribution >= 4 is 0 Å². The molecule has 1 aliphatic heterocycles. The molecule has 1 saturated heterocycles. The summed E-state index contributed by atoms with van der Waals surface area (Å²) in [5.74, 6) is 5.05. The van der Waals surface area contributed by atoms with Gasteiger partial charge in [-0.25, -0.2) is 0 Å². The lowest BCUT2D eigenvalue weighted by Gasteiger charge is -2.58. The number of hydrogen-bond acceptors (Lipinski definition) is 6. The van der Waals surface area contributed by atoms with Crippen molar-refractivity contribution in [3.8, 4) is 0 Å². The number of aliphatic hydroxyl groups excluding tert-OH is 4. The number of hydrogen-bond donors (Lipinski definition) is 4. The summed E-state index contributed by atoms with van der Waals surface area (Å²) in [7, 11) is 0. The Hall–Kier alpha value is -0.760. The van der Waals surface area contributed by atoms with E-state index in [-0.39, 0.29) is 11.5 Å². The van der Waals surface area contributed by atoms with Gasteiger partial charge in [0.1, 0.15) is 24.4 Å². The van der Waals surface area contributed by atoms with E-state index in [1.807, 2.05) is 0 Å². The fraction of sp³-hybridized carbons (Fsp3) is 0.886. The van der Waals surface area contributed by atoms with Crippen molar-refractivity contribution in [3.63, 3.8) is 0 Å². The van der Waals surface area contributed by atoms with Crippen LogP contribution in [0.4, 0.5) is 0 Å². The molecule has 0 bridgehead atoms. The van der Waals surface area contributed by atoms with Crippen LogP contribution in [0, 0.1) is 52.3 Å². The zero-order chi connectivity index (χ0) is 29.7. The van der Waals surface area contributed by atoms with Gasteiger partial charge in [-0.3, -0.25) is 0 Å². The SMILES string of the molecule is CC[C@H](/C=C/[C@@H](C)[C@H]1CC[C@H]2[C@@H]3CC=C4C[C@@H](O[C@@H]5OC(CO)[C@@H](O)C(O)C5O)CC[C@]4(C)[C@H]3CC[C@]12C)C(C)C. The Balaban J connectivity index is 1.26. The third kappa shape index (κ3) is 5.64. The van der Waals surface area contributed by atoms with Crippen LogP contribution in [-0.4, -0.2) is 63.8 Å². The predicted molar refractivity (Wildman–Crippen MR) is 161 cm³/mol. The molecule has 4 N–H and O–H groups in total. The quantitative estimate of drug-likeness (QED) is 0.281. The van der Waals surface area contributed by atoms with E-state index < -0.39 is 37.3 Å². The highest BCUT2D eigenvalue weighted by atomic mass is 16.7. The molecule has 3 unspecified atom stereocenters. The fourth-order valence-corrected chi connectivity index (χ4v) is 10.3. The van der Waals surface area contributed by atoms with Crippen molar-refractivity contribution in [2.45, 2.75) is 136 Å². The van der Waals surface area contributed by atoms with E-state index in [2.05, 4.69) is 59.8 Å². The van der Waals surface area contributed by atoms with Gasteiger partial charge in [0.25, 0.3) is 0 Å². The first-order chi connectivity index (χ1) is 19.4. The minimum absolute atomic E-state index is 0.109. The fourth-order valence-electron chi connectivity index (χ4n) is 10.3. The van der Waals surface area contributed by atoms with Crippen LogP contribution in [0.5, 0.6) is 0 Å². The first-order valence-electron chi connectivity index (χ1n) is 16.8. The number of aliphatic hydroxyl groups is 4. The van der Waals surface area contributed by atoms with Gasteiger partial charge >= 0.3 is 0 Å². The summed E-state index contributed by atoms with van der Waals surface area (Å²) in [6.07, 6.45) is 11.9. The van der Waals surface area contributed by atoms with Gasteiger partial charge in [0.05, 0.1) is 12.7 Å². The van der Waals surface area contributed by atoms with E-state index in [4.69, 9.17) is 9.47 Å². The molecule has 6 nitrogen and oxygen atoms in total. The predicted octanol–water partition coefficient (Wildman–Crippen LogP) is 5.63. The molecule has 6 heteroatoms. The van der Waals surface area contributed by atoms with Crippen LogP contribution in [0.3, 0.4) is 0 Å². The van der Waals surface area contributed by atoms with E-state index >= 15 is 0 Å². The molecule has 0 radical (unpaired) electrons. The number of allylic oxidation sites excluding steroid dienone is 3. The van der Waals surface area contributed by atoms with Gasteiger partial charge in [-0.2, -0.15) is 0 Å². The maximum Gasteiger partial charge on any atom is 0.186 e. The second-order valence-corrected chi connectivity index (χ2v) is 15.2. The minimum atomic E-state index is -1.40. The smallest absolute Gasteiger partial charge is 0.186 e. The molecule has 0 amide bonds. The molecule has 5 rings (SSSR count). The van der Waals surface area contributed by atoms with Crippen molar-refractivity contribution in [1.29, 1.82) is 0 Å². The van der Waals surface area contributed by atoms with Crippen molar-refractivity contribution in [1.82, 2.24) is 0 Å². The van der Waals surface area contributed by atoms with Crippen LogP contribution in [-0.2, 0) is 9.47 Å². The zero-order valence-corrected chi connectivity index (χ0v) is 26.4. The topological polar surface area (TPSA) is 99.4 Å². The number of rotatable bonds is 8. The first kappa shape index (κ1) is 31.7. The summed E-state index contributed by atoms with van der Waals surface area (Å²) in [6.45, 7) is 14.2. The van der Waals surface area contributed by atoms with Crippen LogP contribution < -0.4 is 0 Å². The van der Waals surface area contributed by atoms with Crippen molar-refractivity contribution < 1.29 is 29.9 Å². The summed E-state index contributed by atoms with van der Waals surface area (Å²) in [5, 5.41) is 40.4. The van der Waals surface area contributed by atoms with Crippen LogP contribution in [0.25, 0.3) is 0 Å². The summed E-state index contributed by atoms with van der Waals surface area (Å²) in [6, 6.07) is 0. The molecule has 3 saturated carbocycles. The highest BCUT2D eigenvalue weighted by Crippen LogP contribution is 2.67. The van der Waals surface area contributed by atoms with Gasteiger partial charge < -0.3 is 29.9 Å². The van der Waals surface area contributed by atoms with Crippen LogP contribution in [0.15, 0.2) is 23.8 Å². The normalized spacial score (nSPS) is 47.9. The molecule has 4 aliphatic carbocycles. The summed E-state index contributed by atoms with van der Waals surface area (Å²) < 4.78 is 11.9. The molecule has 5 aliphatic rings. The standard InChI is InChI=1S/C35H58O6/c1-7-22(20(2)3)9-8-21(4)26-12-13-27-25-11-10-23-18-24(14-16-34(23,5)28(25)15-17-35(26,27)6)40-33-32(39)31(38)30(37)29(19-36)41-33/h8-10,20-22,24-33,36-39H,7,11-19H2,1-6H3/b9-8+/t21-,22-,24+,25+,26-,27+,28+,29?,30-,31?,32?,33-,34+,35-/m1/s1. The lowest BCUT2D eigenvalue weighted by Crippen LogP contribution is -2.60. The number of fused-ring (bicyclic) bond motifs is 5. The van der Waals surface area contributed by atoms with E-state index in [9.17, 15) is 20.4 Å². The van der Waals surface area contributed by atoms with Gasteiger partial charge in [-0.15, -0.1) is 0 Å². The van der Waals surface area contributed by atoms with E-state index in [0.29, 0.717) is 29.1 Å². The summed E-state index contributed by atoms with van der Waals surface area (Å²) in [5.41, 5.74) is 2.11. The molecule has 14 atom stereocenters. The molecule has 0 aromatic rings. The summed E-state index contributed by atoms with van der Waals surface area (Å²) >= 11 is 0. The van der Waals surface area contributed by atoms with Gasteiger partial charge in [-0.05, 0) is 110 Å². The summed E-state index contributed by atoms with van der Waals surface area (Å²) in [4.78, 5) is 0. The number of ether oxygens (including phenoxy) is 2. The third-order valence-corrected chi connectivity index (χ3v) is 12.9. The molecule has 0 aromatic carbocycles. The Labute approximate surface area is 248 Å². The Bertz CT molecular complexity index is 960. The largest absolute Gasteiger partial charge is 0.394 e. The van der Waals surface area contributed by atoms with Gasteiger partial charge in [0, 0.05) is 0 Å². The second kappa shape index (κ2) is 12.3. The maximum atomic E-state index is 10.5. The second-order valence-electron chi connectivity index (χ2n) is 15.2. The van der Waals surface area contributed by atoms with Crippen LogP contribution in [0.2, 0.25) is 0 Å². The Morgan fingerprint density at radius 3 is 2.41 bits per heavy atom. The van der Waals surface area contributed by atoms with Gasteiger partial charge in [0.15, 0.2) is 6.29 Å². The molecular formula is C35H58O6. The highest BCUT2D eigenvalue weighted by Gasteiger charge is 2.59. The maximum absolute atomic E-state index is 10.5. The van der Waals surface area contributed by atoms with Crippen LogP contribution >= 0.6 is 0 Å². The highest BCUT2D eigenvalue weighted by molar-refractivity contribution is 5.25. The van der Waals surface area contributed by atoms with E-state index in [1.54, 1.807) is 0 Å². The Morgan fingerprint density at radius 2 is 1.73 bits per heavy atom. The average molecular weight is 575 g/mol. The molecule has 41 heavy (non-hydrogen) atoms. The monoisotopic (exact) mass is 574 g/mol. The van der Waals surface area contributed by atoms with E-state index in [0.717, 1.165) is 43.4 Å². The third-order valence-electron chi connectivity index (χ3n) is 12.9. The Morgan fingerprint density at radius 1 is 0.976 bits per heavy atom. The van der Waals surface area contributed by atoms with Gasteiger partial charge in [-0.1, -0.05) is 65.3 Å². The molecule has 234 valence electrons. The van der Waals surface area contributed by atoms with E-state index in [1.165, 1.54) is 37.7 Å². The van der Waals surface area contributed by atoms with Gasteiger partial charge in [0.2, 0.25) is 0 Å². The van der Waals surface area contributed by atoms with Crippen molar-refractivity contribution in [3.05, 3.63) is 23.8 Å². The lowest BCUT2D eigenvalue weighted by molar-refractivity contribution is -0.313. The minimum Gasteiger partial charge on any atom is -0.394 e. The molecule has 0 aromatic heterocycles. The zero-order valence-electron chi connectivity index (χ0n) is 26.4. The molecule has 1 heterocycles. The lowest BCUT2D eigenvalue weighted by atomic mass is 9.47. The molecule has 4 fully saturated rings. The Kier molecular flexibility index (Phi) is 9.51. The molecule has 0 spiro atoms.